The standard InChI is InChI=1S/C13H20ClNS/c1-9(2)6-7-16-11-4-5-12(10(3)15)13(14)8-11/h4-5,8-10H,6-7,15H2,1-3H3. The maximum atomic E-state index is 6.17. The summed E-state index contributed by atoms with van der Waals surface area (Å²) in [5, 5.41) is 0.782. The molecule has 0 aromatic heterocycles. The van der Waals surface area contributed by atoms with E-state index >= 15 is 0 Å². The van der Waals surface area contributed by atoms with Gasteiger partial charge in [0.25, 0.3) is 0 Å². The molecule has 1 unspecified atom stereocenters. The van der Waals surface area contributed by atoms with Crippen molar-refractivity contribution < 1.29 is 0 Å². The minimum absolute atomic E-state index is 0.00205. The summed E-state index contributed by atoms with van der Waals surface area (Å²) in [6.07, 6.45) is 1.23. The van der Waals surface area contributed by atoms with E-state index in [9.17, 15) is 0 Å². The predicted octanol–water partition coefficient (Wildman–Crippen LogP) is 4.50. The van der Waals surface area contributed by atoms with E-state index in [1.54, 1.807) is 0 Å². The van der Waals surface area contributed by atoms with E-state index in [4.69, 9.17) is 17.3 Å². The van der Waals surface area contributed by atoms with Gasteiger partial charge in [0.1, 0.15) is 0 Å². The zero-order chi connectivity index (χ0) is 12.1. The summed E-state index contributed by atoms with van der Waals surface area (Å²) >= 11 is 8.03. The highest BCUT2D eigenvalue weighted by Crippen LogP contribution is 2.28. The van der Waals surface area contributed by atoms with Crippen LogP contribution in [0.3, 0.4) is 0 Å². The highest BCUT2D eigenvalue weighted by molar-refractivity contribution is 7.99. The molecule has 0 amide bonds. The van der Waals surface area contributed by atoms with Gasteiger partial charge in [-0.3, -0.25) is 0 Å². The van der Waals surface area contributed by atoms with Crippen LogP contribution in [0.15, 0.2) is 23.1 Å². The minimum atomic E-state index is 0.00205. The lowest BCUT2D eigenvalue weighted by atomic mass is 10.1. The zero-order valence-corrected chi connectivity index (χ0v) is 11.7. The fourth-order valence-electron chi connectivity index (χ4n) is 1.38. The van der Waals surface area contributed by atoms with Crippen molar-refractivity contribution in [2.75, 3.05) is 5.75 Å². The number of rotatable bonds is 5. The summed E-state index contributed by atoms with van der Waals surface area (Å²) in [6.45, 7) is 6.44. The molecule has 1 atom stereocenters. The lowest BCUT2D eigenvalue weighted by Crippen LogP contribution is -2.05. The lowest BCUT2D eigenvalue weighted by molar-refractivity contribution is 0.632. The van der Waals surface area contributed by atoms with Gasteiger partial charge in [0.05, 0.1) is 0 Å². The van der Waals surface area contributed by atoms with E-state index in [2.05, 4.69) is 19.9 Å². The van der Waals surface area contributed by atoms with Crippen molar-refractivity contribution in [3.8, 4) is 0 Å². The average molecular weight is 258 g/mol. The van der Waals surface area contributed by atoms with Gasteiger partial charge < -0.3 is 5.73 Å². The van der Waals surface area contributed by atoms with Gasteiger partial charge in [-0.05, 0) is 42.7 Å². The van der Waals surface area contributed by atoms with Gasteiger partial charge in [-0.1, -0.05) is 31.5 Å². The third kappa shape index (κ3) is 4.36. The summed E-state index contributed by atoms with van der Waals surface area (Å²) in [7, 11) is 0. The largest absolute Gasteiger partial charge is 0.324 e. The monoisotopic (exact) mass is 257 g/mol. The minimum Gasteiger partial charge on any atom is -0.324 e. The van der Waals surface area contributed by atoms with Gasteiger partial charge >= 0.3 is 0 Å². The second kappa shape index (κ2) is 6.53. The molecule has 1 aromatic rings. The van der Waals surface area contributed by atoms with Gasteiger partial charge in [0, 0.05) is 16.0 Å². The first-order valence-electron chi connectivity index (χ1n) is 5.68. The number of thioether (sulfide) groups is 1. The Kier molecular flexibility index (Phi) is 5.67. The summed E-state index contributed by atoms with van der Waals surface area (Å²) in [4.78, 5) is 1.23. The van der Waals surface area contributed by atoms with Gasteiger partial charge in [0.15, 0.2) is 0 Å². The first-order chi connectivity index (χ1) is 7.50. The summed E-state index contributed by atoms with van der Waals surface area (Å²) in [5.41, 5.74) is 6.84. The van der Waals surface area contributed by atoms with Crippen LogP contribution < -0.4 is 5.73 Å². The first-order valence-corrected chi connectivity index (χ1v) is 7.05. The molecular formula is C13H20ClNS. The van der Waals surface area contributed by atoms with Gasteiger partial charge in [-0.2, -0.15) is 0 Å². The van der Waals surface area contributed by atoms with Crippen molar-refractivity contribution in [1.29, 1.82) is 0 Å². The fraction of sp³-hybridized carbons (Fsp3) is 0.538. The van der Waals surface area contributed by atoms with Crippen LogP contribution in [0.2, 0.25) is 5.02 Å². The molecule has 90 valence electrons. The van der Waals surface area contributed by atoms with Gasteiger partial charge in [0.2, 0.25) is 0 Å². The highest BCUT2D eigenvalue weighted by Gasteiger charge is 2.06. The van der Waals surface area contributed by atoms with Crippen LogP contribution in [0.1, 0.15) is 38.8 Å². The average Bonchev–Trinajstić information content (AvgIpc) is 2.16. The number of halogens is 1. The number of hydrogen-bond donors (Lipinski definition) is 1. The van der Waals surface area contributed by atoms with E-state index in [0.29, 0.717) is 0 Å². The van der Waals surface area contributed by atoms with E-state index in [1.807, 2.05) is 30.8 Å². The topological polar surface area (TPSA) is 26.0 Å². The Bertz CT molecular complexity index is 337. The quantitative estimate of drug-likeness (QED) is 0.786. The van der Waals surface area contributed by atoms with Crippen molar-refractivity contribution in [3.05, 3.63) is 28.8 Å². The molecule has 0 bridgehead atoms. The molecule has 0 radical (unpaired) electrons. The Morgan fingerprint density at radius 2 is 2.00 bits per heavy atom. The van der Waals surface area contributed by atoms with Crippen molar-refractivity contribution in [2.24, 2.45) is 11.7 Å². The third-order valence-electron chi connectivity index (χ3n) is 2.43. The number of benzene rings is 1. The summed E-state index contributed by atoms with van der Waals surface area (Å²) < 4.78 is 0. The van der Waals surface area contributed by atoms with Gasteiger partial charge in [-0.15, -0.1) is 11.8 Å². The van der Waals surface area contributed by atoms with E-state index in [-0.39, 0.29) is 6.04 Å². The van der Waals surface area contributed by atoms with Crippen molar-refractivity contribution in [1.82, 2.24) is 0 Å². The Labute approximate surface area is 108 Å². The highest BCUT2D eigenvalue weighted by atomic mass is 35.5. The molecule has 0 heterocycles. The van der Waals surface area contributed by atoms with Crippen LogP contribution in [0.25, 0.3) is 0 Å². The predicted molar refractivity (Wildman–Crippen MR) is 74.2 cm³/mol. The van der Waals surface area contributed by atoms with Crippen molar-refractivity contribution in [3.63, 3.8) is 0 Å². The molecule has 0 aliphatic rings. The molecule has 0 fully saturated rings. The second-order valence-electron chi connectivity index (χ2n) is 4.50. The molecule has 0 aliphatic carbocycles. The second-order valence-corrected chi connectivity index (χ2v) is 6.08. The van der Waals surface area contributed by atoms with Crippen LogP contribution in [0.4, 0.5) is 0 Å². The Balaban J connectivity index is 2.59. The SMILES string of the molecule is CC(C)CCSc1ccc(C(C)N)c(Cl)c1. The fourth-order valence-corrected chi connectivity index (χ4v) is 2.99. The Morgan fingerprint density at radius 1 is 1.31 bits per heavy atom. The van der Waals surface area contributed by atoms with Crippen LogP contribution in [0, 0.1) is 5.92 Å². The van der Waals surface area contributed by atoms with E-state index < -0.39 is 0 Å². The zero-order valence-electron chi connectivity index (χ0n) is 10.2. The maximum absolute atomic E-state index is 6.17. The molecule has 3 heteroatoms. The van der Waals surface area contributed by atoms with E-state index in [0.717, 1.165) is 22.3 Å². The molecular weight excluding hydrogens is 238 g/mol. The Morgan fingerprint density at radius 3 is 2.50 bits per heavy atom. The molecule has 0 saturated carbocycles. The van der Waals surface area contributed by atoms with Crippen molar-refractivity contribution in [2.45, 2.75) is 38.1 Å². The third-order valence-corrected chi connectivity index (χ3v) is 3.78. The molecule has 1 nitrogen and oxygen atoms in total. The molecule has 1 aromatic carbocycles. The summed E-state index contributed by atoms with van der Waals surface area (Å²) in [6, 6.07) is 6.16. The molecule has 0 aliphatic heterocycles. The normalized spacial score (nSPS) is 13.1. The molecule has 16 heavy (non-hydrogen) atoms. The molecule has 2 N–H and O–H groups in total. The Hall–Kier alpha value is -0.180. The van der Waals surface area contributed by atoms with Gasteiger partial charge in [-0.25, -0.2) is 0 Å². The molecule has 0 saturated heterocycles. The number of hydrogen-bond acceptors (Lipinski definition) is 2. The first kappa shape index (κ1) is 13.9. The van der Waals surface area contributed by atoms with Crippen LogP contribution in [-0.2, 0) is 0 Å². The van der Waals surface area contributed by atoms with Crippen molar-refractivity contribution >= 4 is 23.4 Å². The summed E-state index contributed by atoms with van der Waals surface area (Å²) in [5.74, 6) is 1.90. The molecule has 0 spiro atoms. The maximum Gasteiger partial charge on any atom is 0.0464 e. The van der Waals surface area contributed by atoms with Crippen LogP contribution >= 0.6 is 23.4 Å². The number of nitrogens with two attached hydrogens (primary N) is 1. The smallest absolute Gasteiger partial charge is 0.0464 e. The van der Waals surface area contributed by atoms with Crippen LogP contribution in [0.5, 0.6) is 0 Å². The van der Waals surface area contributed by atoms with Crippen LogP contribution in [-0.4, -0.2) is 5.75 Å². The van der Waals surface area contributed by atoms with E-state index in [1.165, 1.54) is 11.3 Å². The molecule has 1 rings (SSSR count). The lowest BCUT2D eigenvalue weighted by Gasteiger charge is -2.10.